The van der Waals surface area contributed by atoms with Gasteiger partial charge in [-0.2, -0.15) is 0 Å². The summed E-state index contributed by atoms with van der Waals surface area (Å²) in [6.45, 7) is 5.47. The molecule has 0 aromatic heterocycles. The predicted molar refractivity (Wildman–Crippen MR) is 44.9 cm³/mol. The van der Waals surface area contributed by atoms with Crippen LogP contribution in [0.4, 0.5) is 0 Å². The second-order valence-electron chi connectivity index (χ2n) is 1.60. The van der Waals surface area contributed by atoms with Crippen LogP contribution in [-0.4, -0.2) is 26.6 Å². The molecule has 0 spiro atoms. The van der Waals surface area contributed by atoms with E-state index in [9.17, 15) is 4.79 Å². The lowest BCUT2D eigenvalue weighted by atomic mass is 10.6. The van der Waals surface area contributed by atoms with Crippen molar-refractivity contribution in [1.82, 2.24) is 10.8 Å². The molecule has 0 fully saturated rings. The van der Waals surface area contributed by atoms with Crippen molar-refractivity contribution in [3.05, 3.63) is 12.7 Å². The smallest absolute Gasteiger partial charge is 0.266 e. The van der Waals surface area contributed by atoms with Crippen molar-refractivity contribution < 1.29 is 9.63 Å². The van der Waals surface area contributed by atoms with Crippen LogP contribution in [0, 0.1) is 0 Å². The zero-order valence-electron chi connectivity index (χ0n) is 7.31. The first-order chi connectivity index (χ1) is 5.22. The molecule has 2 N–H and O–H groups in total. The van der Waals surface area contributed by atoms with Gasteiger partial charge in [-0.05, 0) is 27.1 Å². The standard InChI is InChI=1S/C5H9NO2.C2H7N/c1-3-5(7)6-8-4-2;1-3-2/h3H,1,4H2,2H3,(H,6,7);3H,1-2H3. The van der Waals surface area contributed by atoms with Gasteiger partial charge in [-0.25, -0.2) is 5.48 Å². The van der Waals surface area contributed by atoms with Crippen molar-refractivity contribution in [2.45, 2.75) is 6.92 Å². The molecule has 11 heavy (non-hydrogen) atoms. The number of hydrogen-bond acceptors (Lipinski definition) is 3. The largest absolute Gasteiger partial charge is 0.323 e. The third kappa shape index (κ3) is 17.6. The Kier molecular flexibility index (Phi) is 13.8. The molecule has 0 bridgehead atoms. The van der Waals surface area contributed by atoms with E-state index in [1.807, 2.05) is 14.1 Å². The zero-order valence-corrected chi connectivity index (χ0v) is 7.31. The van der Waals surface area contributed by atoms with Crippen molar-refractivity contribution in [3.63, 3.8) is 0 Å². The maximum Gasteiger partial charge on any atom is 0.266 e. The summed E-state index contributed by atoms with van der Waals surface area (Å²) in [5.41, 5.74) is 2.12. The van der Waals surface area contributed by atoms with E-state index in [2.05, 4.69) is 22.2 Å². The highest BCUT2D eigenvalue weighted by atomic mass is 16.6. The van der Waals surface area contributed by atoms with Gasteiger partial charge in [0.25, 0.3) is 5.91 Å². The first-order valence-electron chi connectivity index (χ1n) is 3.35. The highest BCUT2D eigenvalue weighted by Gasteiger charge is 1.87. The van der Waals surface area contributed by atoms with Gasteiger partial charge in [-0.3, -0.25) is 9.63 Å². The maximum atomic E-state index is 10.2. The molecule has 0 aromatic rings. The summed E-state index contributed by atoms with van der Waals surface area (Å²) < 4.78 is 0. The van der Waals surface area contributed by atoms with Gasteiger partial charge in [0.05, 0.1) is 6.61 Å². The summed E-state index contributed by atoms with van der Waals surface area (Å²) in [5, 5.41) is 2.75. The van der Waals surface area contributed by atoms with Gasteiger partial charge in [-0.1, -0.05) is 6.58 Å². The molecule has 66 valence electrons. The number of carbonyl (C=O) groups is 1. The molecule has 0 radical (unpaired) electrons. The Morgan fingerprint density at radius 2 is 2.09 bits per heavy atom. The van der Waals surface area contributed by atoms with Crippen LogP contribution in [-0.2, 0) is 9.63 Å². The van der Waals surface area contributed by atoms with Crippen LogP contribution in [0.1, 0.15) is 6.92 Å². The van der Waals surface area contributed by atoms with Crippen LogP contribution >= 0.6 is 0 Å². The Labute approximate surface area is 67.6 Å². The second-order valence-corrected chi connectivity index (χ2v) is 1.60. The summed E-state index contributed by atoms with van der Waals surface area (Å²) in [4.78, 5) is 14.7. The lowest BCUT2D eigenvalue weighted by Crippen LogP contribution is -2.20. The monoisotopic (exact) mass is 160 g/mol. The highest BCUT2D eigenvalue weighted by Crippen LogP contribution is 1.66. The summed E-state index contributed by atoms with van der Waals surface area (Å²) in [6, 6.07) is 0. The average Bonchev–Trinajstić information content (AvgIpc) is 2.02. The first-order valence-corrected chi connectivity index (χ1v) is 3.35. The van der Waals surface area contributed by atoms with E-state index in [1.54, 1.807) is 6.92 Å². The van der Waals surface area contributed by atoms with Gasteiger partial charge < -0.3 is 5.32 Å². The first kappa shape index (κ1) is 12.8. The van der Waals surface area contributed by atoms with Crippen LogP contribution in [0.15, 0.2) is 12.7 Å². The lowest BCUT2D eigenvalue weighted by Gasteiger charge is -1.96. The molecule has 0 saturated heterocycles. The minimum atomic E-state index is -0.313. The Bertz CT molecular complexity index is 105. The van der Waals surface area contributed by atoms with Gasteiger partial charge in [0, 0.05) is 0 Å². The fourth-order valence-electron chi connectivity index (χ4n) is 0.185. The van der Waals surface area contributed by atoms with E-state index >= 15 is 0 Å². The summed E-state index contributed by atoms with van der Waals surface area (Å²) in [5.74, 6) is -0.313. The van der Waals surface area contributed by atoms with E-state index in [0.29, 0.717) is 6.61 Å². The van der Waals surface area contributed by atoms with E-state index in [-0.39, 0.29) is 5.91 Å². The van der Waals surface area contributed by atoms with Gasteiger partial charge in [0.15, 0.2) is 0 Å². The fourth-order valence-corrected chi connectivity index (χ4v) is 0.185. The van der Waals surface area contributed by atoms with Crippen molar-refractivity contribution in [3.8, 4) is 0 Å². The van der Waals surface area contributed by atoms with Crippen LogP contribution in [0.3, 0.4) is 0 Å². The third-order valence-corrected chi connectivity index (χ3v) is 0.502. The van der Waals surface area contributed by atoms with Gasteiger partial charge in [0.1, 0.15) is 0 Å². The van der Waals surface area contributed by atoms with Crippen molar-refractivity contribution in [2.75, 3.05) is 20.7 Å². The Balaban J connectivity index is 0. The Morgan fingerprint density at radius 3 is 2.36 bits per heavy atom. The number of nitrogens with one attached hydrogen (secondary N) is 2. The lowest BCUT2D eigenvalue weighted by molar-refractivity contribution is -0.128. The molecule has 4 heteroatoms. The van der Waals surface area contributed by atoms with Crippen LogP contribution in [0.2, 0.25) is 0 Å². The summed E-state index contributed by atoms with van der Waals surface area (Å²) in [6.07, 6.45) is 1.15. The van der Waals surface area contributed by atoms with Crippen LogP contribution in [0.25, 0.3) is 0 Å². The van der Waals surface area contributed by atoms with E-state index in [0.717, 1.165) is 6.08 Å². The van der Waals surface area contributed by atoms with Crippen molar-refractivity contribution in [2.24, 2.45) is 0 Å². The Hall–Kier alpha value is -0.870. The molecule has 0 aromatic carbocycles. The molecule has 0 rings (SSSR count). The van der Waals surface area contributed by atoms with Gasteiger partial charge >= 0.3 is 0 Å². The fraction of sp³-hybridized carbons (Fsp3) is 0.571. The van der Waals surface area contributed by atoms with Gasteiger partial charge in [0.2, 0.25) is 0 Å². The molecule has 0 aliphatic carbocycles. The SMILES string of the molecule is C=CC(=O)NOCC.CNC. The quantitative estimate of drug-likeness (QED) is 0.454. The van der Waals surface area contributed by atoms with Crippen molar-refractivity contribution in [1.29, 1.82) is 0 Å². The molecule has 0 aliphatic rings. The minimum Gasteiger partial charge on any atom is -0.323 e. The zero-order chi connectivity index (χ0) is 9.11. The topological polar surface area (TPSA) is 50.4 Å². The predicted octanol–water partition coefficient (Wildman–Crippen LogP) is 0.0757. The number of carbonyl (C=O) groups excluding carboxylic acids is 1. The number of rotatable bonds is 3. The summed E-state index contributed by atoms with van der Waals surface area (Å²) >= 11 is 0. The molecular formula is C7H16N2O2. The van der Waals surface area contributed by atoms with Crippen LogP contribution in [0.5, 0.6) is 0 Å². The van der Waals surface area contributed by atoms with Crippen molar-refractivity contribution >= 4 is 5.91 Å². The van der Waals surface area contributed by atoms with Gasteiger partial charge in [-0.15, -0.1) is 0 Å². The van der Waals surface area contributed by atoms with Crippen LogP contribution < -0.4 is 10.8 Å². The third-order valence-electron chi connectivity index (χ3n) is 0.502. The minimum absolute atomic E-state index is 0.313. The Morgan fingerprint density at radius 1 is 1.64 bits per heavy atom. The molecule has 0 aliphatic heterocycles. The number of hydroxylamine groups is 1. The average molecular weight is 160 g/mol. The molecule has 4 nitrogen and oxygen atoms in total. The molecule has 1 amide bonds. The van der Waals surface area contributed by atoms with E-state index < -0.39 is 0 Å². The number of hydrogen-bond donors (Lipinski definition) is 2. The normalized spacial score (nSPS) is 7.55. The number of amides is 1. The molecular weight excluding hydrogens is 144 g/mol. The maximum absolute atomic E-state index is 10.2. The highest BCUT2D eigenvalue weighted by molar-refractivity contribution is 5.85. The molecule has 0 atom stereocenters. The molecule has 0 saturated carbocycles. The van der Waals surface area contributed by atoms with E-state index in [1.165, 1.54) is 0 Å². The molecule has 0 heterocycles. The van der Waals surface area contributed by atoms with E-state index in [4.69, 9.17) is 0 Å². The second kappa shape index (κ2) is 11.9. The summed E-state index contributed by atoms with van der Waals surface area (Å²) in [7, 11) is 3.75. The molecule has 0 unspecified atom stereocenters.